The molecule has 112 valence electrons. The topological polar surface area (TPSA) is 32.5 Å². The maximum Gasteiger partial charge on any atom is 0.0223 e. The first-order valence-corrected chi connectivity index (χ1v) is 8.34. The zero-order valence-electron chi connectivity index (χ0n) is 13.0. The predicted molar refractivity (Wildman–Crippen MR) is 82.4 cm³/mol. The molecule has 1 aliphatic heterocycles. The molecule has 0 amide bonds. The Morgan fingerprint density at radius 2 is 1.95 bits per heavy atom. The van der Waals surface area contributed by atoms with Crippen molar-refractivity contribution in [2.45, 2.75) is 69.9 Å². The number of hydrogen-bond donors (Lipinski definition) is 1. The summed E-state index contributed by atoms with van der Waals surface area (Å²) in [7, 11) is 2.28. The SMILES string of the molecule is CCN1CCCC1CN(C)CCC1(N)CCCCC1. The summed E-state index contributed by atoms with van der Waals surface area (Å²) in [6.45, 7) is 7.19. The van der Waals surface area contributed by atoms with Crippen molar-refractivity contribution in [3.05, 3.63) is 0 Å². The average molecular weight is 267 g/mol. The molecule has 3 nitrogen and oxygen atoms in total. The van der Waals surface area contributed by atoms with Crippen LogP contribution in [0.15, 0.2) is 0 Å². The molecule has 0 spiro atoms. The summed E-state index contributed by atoms with van der Waals surface area (Å²) in [6, 6.07) is 0.787. The molecule has 2 N–H and O–H groups in total. The first-order chi connectivity index (χ1) is 9.13. The van der Waals surface area contributed by atoms with Gasteiger partial charge in [-0.05, 0) is 58.8 Å². The normalized spacial score (nSPS) is 28.1. The van der Waals surface area contributed by atoms with E-state index in [9.17, 15) is 0 Å². The Morgan fingerprint density at radius 1 is 1.21 bits per heavy atom. The van der Waals surface area contributed by atoms with E-state index in [1.807, 2.05) is 0 Å². The van der Waals surface area contributed by atoms with Gasteiger partial charge in [0.2, 0.25) is 0 Å². The molecule has 1 heterocycles. The van der Waals surface area contributed by atoms with Gasteiger partial charge in [0.1, 0.15) is 0 Å². The van der Waals surface area contributed by atoms with Crippen molar-refractivity contribution in [2.75, 3.05) is 33.2 Å². The lowest BCUT2D eigenvalue weighted by Crippen LogP contribution is -2.45. The van der Waals surface area contributed by atoms with Crippen molar-refractivity contribution < 1.29 is 0 Å². The van der Waals surface area contributed by atoms with Crippen molar-refractivity contribution in [3.8, 4) is 0 Å². The molecule has 19 heavy (non-hydrogen) atoms. The highest BCUT2D eigenvalue weighted by Gasteiger charge is 2.28. The lowest BCUT2D eigenvalue weighted by Gasteiger charge is -2.35. The molecule has 3 heteroatoms. The van der Waals surface area contributed by atoms with Crippen LogP contribution in [-0.4, -0.2) is 54.6 Å². The van der Waals surface area contributed by atoms with Crippen LogP contribution in [-0.2, 0) is 0 Å². The molecular weight excluding hydrogens is 234 g/mol. The third-order valence-electron chi connectivity index (χ3n) is 5.27. The number of likely N-dealkylation sites (tertiary alicyclic amines) is 1. The van der Waals surface area contributed by atoms with E-state index < -0.39 is 0 Å². The van der Waals surface area contributed by atoms with E-state index in [-0.39, 0.29) is 5.54 Å². The smallest absolute Gasteiger partial charge is 0.0223 e. The Kier molecular flexibility index (Phi) is 5.67. The second kappa shape index (κ2) is 7.05. The Balaban J connectivity index is 1.70. The minimum absolute atomic E-state index is 0.145. The molecule has 1 saturated heterocycles. The van der Waals surface area contributed by atoms with Gasteiger partial charge in [-0.3, -0.25) is 4.90 Å². The summed E-state index contributed by atoms with van der Waals surface area (Å²) < 4.78 is 0. The van der Waals surface area contributed by atoms with Crippen molar-refractivity contribution in [3.63, 3.8) is 0 Å². The third kappa shape index (κ3) is 4.44. The number of nitrogens with zero attached hydrogens (tertiary/aromatic N) is 2. The highest BCUT2D eigenvalue weighted by molar-refractivity contribution is 4.88. The van der Waals surface area contributed by atoms with Gasteiger partial charge in [0, 0.05) is 18.1 Å². The lowest BCUT2D eigenvalue weighted by atomic mass is 9.80. The van der Waals surface area contributed by atoms with Gasteiger partial charge in [0.05, 0.1) is 0 Å². The largest absolute Gasteiger partial charge is 0.325 e. The Bertz CT molecular complexity index is 261. The molecule has 0 aromatic rings. The Hall–Kier alpha value is -0.120. The summed E-state index contributed by atoms with van der Waals surface area (Å²) in [5.74, 6) is 0. The monoisotopic (exact) mass is 267 g/mol. The van der Waals surface area contributed by atoms with Crippen molar-refractivity contribution >= 4 is 0 Å². The van der Waals surface area contributed by atoms with Crippen LogP contribution in [0.25, 0.3) is 0 Å². The maximum atomic E-state index is 6.53. The molecule has 0 radical (unpaired) electrons. The van der Waals surface area contributed by atoms with E-state index in [1.54, 1.807) is 0 Å². The van der Waals surface area contributed by atoms with Crippen LogP contribution < -0.4 is 5.73 Å². The molecule has 1 aliphatic carbocycles. The van der Waals surface area contributed by atoms with Gasteiger partial charge in [0.25, 0.3) is 0 Å². The molecule has 0 aromatic carbocycles. The van der Waals surface area contributed by atoms with Gasteiger partial charge in [-0.1, -0.05) is 26.2 Å². The quantitative estimate of drug-likeness (QED) is 0.802. The van der Waals surface area contributed by atoms with E-state index in [4.69, 9.17) is 5.73 Å². The summed E-state index contributed by atoms with van der Waals surface area (Å²) >= 11 is 0. The van der Waals surface area contributed by atoms with E-state index in [0.717, 1.165) is 6.04 Å². The van der Waals surface area contributed by atoms with Crippen LogP contribution in [0.2, 0.25) is 0 Å². The average Bonchev–Trinajstić information content (AvgIpc) is 2.85. The fourth-order valence-corrected chi connectivity index (χ4v) is 3.89. The lowest BCUT2D eigenvalue weighted by molar-refractivity contribution is 0.178. The van der Waals surface area contributed by atoms with E-state index in [1.165, 1.54) is 77.5 Å². The molecule has 0 aromatic heterocycles. The molecule has 1 saturated carbocycles. The molecule has 1 atom stereocenters. The van der Waals surface area contributed by atoms with E-state index in [2.05, 4.69) is 23.8 Å². The minimum atomic E-state index is 0.145. The van der Waals surface area contributed by atoms with Crippen LogP contribution in [0, 0.1) is 0 Å². The molecule has 0 bridgehead atoms. The van der Waals surface area contributed by atoms with Crippen molar-refractivity contribution in [1.82, 2.24) is 9.80 Å². The minimum Gasteiger partial charge on any atom is -0.325 e. The molecule has 1 unspecified atom stereocenters. The molecule has 2 aliphatic rings. The van der Waals surface area contributed by atoms with Gasteiger partial charge in [-0.2, -0.15) is 0 Å². The predicted octanol–water partition coefficient (Wildman–Crippen LogP) is 2.45. The van der Waals surface area contributed by atoms with Crippen LogP contribution in [0.1, 0.15) is 58.3 Å². The number of rotatable bonds is 6. The fourth-order valence-electron chi connectivity index (χ4n) is 3.89. The molecule has 2 rings (SSSR count). The number of likely N-dealkylation sites (N-methyl/N-ethyl adjacent to an activating group) is 2. The van der Waals surface area contributed by atoms with E-state index >= 15 is 0 Å². The fraction of sp³-hybridized carbons (Fsp3) is 1.00. The van der Waals surface area contributed by atoms with Gasteiger partial charge >= 0.3 is 0 Å². The van der Waals surface area contributed by atoms with Gasteiger partial charge < -0.3 is 10.6 Å². The summed E-state index contributed by atoms with van der Waals surface area (Å²) in [4.78, 5) is 5.15. The summed E-state index contributed by atoms with van der Waals surface area (Å²) in [5.41, 5.74) is 6.68. The standard InChI is InChI=1S/C16H33N3/c1-3-19-12-7-8-15(19)14-18(2)13-11-16(17)9-5-4-6-10-16/h15H,3-14,17H2,1-2H3. The second-order valence-corrected chi connectivity index (χ2v) is 6.86. The summed E-state index contributed by atoms with van der Waals surface area (Å²) in [6.07, 6.45) is 10.5. The highest BCUT2D eigenvalue weighted by atomic mass is 15.2. The first kappa shape index (κ1) is 15.3. The third-order valence-corrected chi connectivity index (χ3v) is 5.27. The first-order valence-electron chi connectivity index (χ1n) is 8.34. The maximum absolute atomic E-state index is 6.53. The van der Waals surface area contributed by atoms with Gasteiger partial charge in [-0.15, -0.1) is 0 Å². The Labute approximate surface area is 119 Å². The second-order valence-electron chi connectivity index (χ2n) is 6.86. The van der Waals surface area contributed by atoms with Crippen molar-refractivity contribution in [1.29, 1.82) is 0 Å². The van der Waals surface area contributed by atoms with Crippen LogP contribution in [0.4, 0.5) is 0 Å². The van der Waals surface area contributed by atoms with E-state index in [0.29, 0.717) is 0 Å². The molecule has 2 fully saturated rings. The number of hydrogen-bond acceptors (Lipinski definition) is 3. The van der Waals surface area contributed by atoms with Crippen LogP contribution in [0.3, 0.4) is 0 Å². The molecular formula is C16H33N3. The van der Waals surface area contributed by atoms with Crippen LogP contribution >= 0.6 is 0 Å². The summed E-state index contributed by atoms with van der Waals surface area (Å²) in [5, 5.41) is 0. The number of nitrogens with two attached hydrogens (primary N) is 1. The zero-order valence-corrected chi connectivity index (χ0v) is 13.0. The van der Waals surface area contributed by atoms with Gasteiger partial charge in [-0.25, -0.2) is 0 Å². The van der Waals surface area contributed by atoms with Crippen LogP contribution in [0.5, 0.6) is 0 Å². The van der Waals surface area contributed by atoms with Gasteiger partial charge in [0.15, 0.2) is 0 Å². The zero-order chi connectivity index (χ0) is 13.7. The Morgan fingerprint density at radius 3 is 2.63 bits per heavy atom. The highest BCUT2D eigenvalue weighted by Crippen LogP contribution is 2.28. The van der Waals surface area contributed by atoms with Crippen molar-refractivity contribution in [2.24, 2.45) is 5.73 Å².